The Hall–Kier alpha value is -1.20. The van der Waals surface area contributed by atoms with Gasteiger partial charge < -0.3 is 0 Å². The lowest BCUT2D eigenvalue weighted by atomic mass is 10.3. The van der Waals surface area contributed by atoms with E-state index in [1.54, 1.807) is 18.4 Å². The summed E-state index contributed by atoms with van der Waals surface area (Å²) in [7, 11) is -1.20. The molecule has 3 nitrogen and oxygen atoms in total. The van der Waals surface area contributed by atoms with Gasteiger partial charge in [0.25, 0.3) is 0 Å². The summed E-state index contributed by atoms with van der Waals surface area (Å²) >= 11 is 5.75. The number of fused-ring (bicyclic) bond motifs is 1. The van der Waals surface area contributed by atoms with Crippen molar-refractivity contribution in [2.24, 2.45) is 0 Å². The van der Waals surface area contributed by atoms with Crippen molar-refractivity contribution in [1.29, 1.82) is 0 Å². The first-order chi connectivity index (χ1) is 9.08. The van der Waals surface area contributed by atoms with E-state index in [4.69, 9.17) is 11.6 Å². The van der Waals surface area contributed by atoms with E-state index in [1.165, 1.54) is 10.7 Å². The van der Waals surface area contributed by atoms with Crippen molar-refractivity contribution in [2.45, 2.75) is 24.3 Å². The Balaban J connectivity index is 2.23. The van der Waals surface area contributed by atoms with Crippen LogP contribution in [0.1, 0.15) is 17.7 Å². The van der Waals surface area contributed by atoms with Gasteiger partial charge in [-0.15, -0.1) is 0 Å². The Morgan fingerprint density at radius 3 is 2.89 bits per heavy atom. The highest BCUT2D eigenvalue weighted by Crippen LogP contribution is 2.30. The van der Waals surface area contributed by atoms with Crippen molar-refractivity contribution in [3.05, 3.63) is 40.3 Å². The predicted molar refractivity (Wildman–Crippen MR) is 72.9 cm³/mol. The van der Waals surface area contributed by atoms with Gasteiger partial charge in [-0.1, -0.05) is 11.6 Å². The molecule has 1 aromatic carbocycles. The van der Waals surface area contributed by atoms with E-state index in [1.807, 2.05) is 0 Å². The van der Waals surface area contributed by atoms with Crippen molar-refractivity contribution in [3.63, 3.8) is 0 Å². The summed E-state index contributed by atoms with van der Waals surface area (Å²) in [6.45, 7) is 0. The quantitative estimate of drug-likeness (QED) is 0.854. The highest BCUT2D eigenvalue weighted by molar-refractivity contribution is 7.84. The number of aromatic nitrogens is 2. The topological polar surface area (TPSA) is 34.9 Å². The number of hydrogen-bond acceptors (Lipinski definition) is 2. The van der Waals surface area contributed by atoms with Crippen molar-refractivity contribution in [2.75, 3.05) is 6.26 Å². The molecule has 3 rings (SSSR count). The van der Waals surface area contributed by atoms with E-state index in [0.717, 1.165) is 30.5 Å². The minimum atomic E-state index is -1.20. The first-order valence-corrected chi connectivity index (χ1v) is 7.91. The maximum atomic E-state index is 14.0. The normalized spacial score (nSPS) is 15.5. The van der Waals surface area contributed by atoms with Gasteiger partial charge in [-0.25, -0.2) is 9.07 Å². The molecule has 0 bridgehead atoms. The zero-order chi connectivity index (χ0) is 13.6. The lowest BCUT2D eigenvalue weighted by Crippen LogP contribution is -2.07. The van der Waals surface area contributed by atoms with E-state index in [2.05, 4.69) is 5.10 Å². The summed E-state index contributed by atoms with van der Waals surface area (Å²) in [4.78, 5) is 0. The van der Waals surface area contributed by atoms with E-state index in [-0.39, 0.29) is 0 Å². The summed E-state index contributed by atoms with van der Waals surface area (Å²) in [6.07, 6.45) is 4.34. The molecule has 6 heteroatoms. The number of aryl methyl sites for hydroxylation is 1. The first-order valence-electron chi connectivity index (χ1n) is 5.97. The SMILES string of the molecule is CS(=O)c1c2c(nn1-c1ccc(Cl)cc1F)CCC2. The van der Waals surface area contributed by atoms with Crippen LogP contribution in [-0.4, -0.2) is 20.2 Å². The molecule has 0 spiro atoms. The zero-order valence-corrected chi connectivity index (χ0v) is 11.9. The van der Waals surface area contributed by atoms with Crippen LogP contribution in [0.5, 0.6) is 0 Å². The van der Waals surface area contributed by atoms with Gasteiger partial charge in [0.2, 0.25) is 0 Å². The molecular weight excluding hydrogens is 287 g/mol. The second-order valence-corrected chi connectivity index (χ2v) is 6.28. The van der Waals surface area contributed by atoms with E-state index in [9.17, 15) is 8.60 Å². The molecule has 0 aliphatic heterocycles. The molecular formula is C13H12ClFN2OS. The fourth-order valence-electron chi connectivity index (χ4n) is 2.47. The lowest BCUT2D eigenvalue weighted by Gasteiger charge is -2.08. The molecule has 1 atom stereocenters. The molecule has 1 aliphatic carbocycles. The fraction of sp³-hybridized carbons (Fsp3) is 0.308. The largest absolute Gasteiger partial charge is 0.253 e. The molecule has 1 aliphatic rings. The Kier molecular flexibility index (Phi) is 3.19. The van der Waals surface area contributed by atoms with Crippen LogP contribution < -0.4 is 0 Å². The maximum absolute atomic E-state index is 14.0. The van der Waals surface area contributed by atoms with E-state index >= 15 is 0 Å². The Bertz CT molecular complexity index is 684. The molecule has 0 N–H and O–H groups in total. The zero-order valence-electron chi connectivity index (χ0n) is 10.3. The maximum Gasteiger partial charge on any atom is 0.150 e. The summed E-state index contributed by atoms with van der Waals surface area (Å²) in [5.74, 6) is -0.458. The fourth-order valence-corrected chi connectivity index (χ4v) is 3.58. The molecule has 1 aromatic heterocycles. The number of benzene rings is 1. The Morgan fingerprint density at radius 1 is 1.42 bits per heavy atom. The van der Waals surface area contributed by atoms with Crippen LogP contribution in [0.4, 0.5) is 4.39 Å². The molecule has 19 heavy (non-hydrogen) atoms. The van der Waals surface area contributed by atoms with Crippen molar-refractivity contribution in [1.82, 2.24) is 9.78 Å². The van der Waals surface area contributed by atoms with Crippen LogP contribution in [-0.2, 0) is 23.6 Å². The number of rotatable bonds is 2. The minimum absolute atomic E-state index is 0.295. The van der Waals surface area contributed by atoms with Gasteiger partial charge in [0.15, 0.2) is 0 Å². The molecule has 0 amide bonds. The average Bonchev–Trinajstić information content (AvgIpc) is 2.87. The second-order valence-electron chi connectivity index (χ2n) is 4.55. The van der Waals surface area contributed by atoms with Crippen LogP contribution in [0, 0.1) is 5.82 Å². The van der Waals surface area contributed by atoms with Gasteiger partial charge in [-0.3, -0.25) is 4.21 Å². The highest BCUT2D eigenvalue weighted by atomic mass is 35.5. The van der Waals surface area contributed by atoms with Crippen molar-refractivity contribution >= 4 is 22.4 Å². The summed E-state index contributed by atoms with van der Waals surface area (Å²) in [5.41, 5.74) is 2.23. The summed E-state index contributed by atoms with van der Waals surface area (Å²) in [5, 5.41) is 5.35. The van der Waals surface area contributed by atoms with Crippen LogP contribution in [0.15, 0.2) is 23.2 Å². The summed E-state index contributed by atoms with van der Waals surface area (Å²) < 4.78 is 27.4. The molecule has 100 valence electrons. The van der Waals surface area contributed by atoms with E-state index in [0.29, 0.717) is 15.7 Å². The van der Waals surface area contributed by atoms with Crippen LogP contribution >= 0.6 is 11.6 Å². The molecule has 1 unspecified atom stereocenters. The third kappa shape index (κ3) is 2.11. The lowest BCUT2D eigenvalue weighted by molar-refractivity contribution is 0.597. The third-order valence-corrected chi connectivity index (χ3v) is 4.47. The molecule has 0 radical (unpaired) electrons. The van der Waals surface area contributed by atoms with Crippen LogP contribution in [0.3, 0.4) is 0 Å². The molecule has 0 saturated carbocycles. The Labute approximate surface area is 117 Å². The second kappa shape index (κ2) is 4.72. The summed E-state index contributed by atoms with van der Waals surface area (Å²) in [6, 6.07) is 4.41. The molecule has 0 saturated heterocycles. The van der Waals surface area contributed by atoms with Crippen LogP contribution in [0.25, 0.3) is 5.69 Å². The smallest absolute Gasteiger partial charge is 0.150 e. The minimum Gasteiger partial charge on any atom is -0.253 e. The molecule has 0 fully saturated rings. The van der Waals surface area contributed by atoms with Gasteiger partial charge in [-0.05, 0) is 37.5 Å². The van der Waals surface area contributed by atoms with Gasteiger partial charge in [0.1, 0.15) is 16.5 Å². The molecule has 2 aromatic rings. The number of halogens is 2. The first kappa shape index (κ1) is 12.8. The predicted octanol–water partition coefficient (Wildman–Crippen LogP) is 2.89. The third-order valence-electron chi connectivity index (χ3n) is 3.27. The van der Waals surface area contributed by atoms with Crippen LogP contribution in [0.2, 0.25) is 5.02 Å². The standard InChI is InChI=1S/C13H12ClFN2OS/c1-19(18)13-9-3-2-4-11(9)16-17(13)12-6-5-8(14)7-10(12)15/h5-7H,2-4H2,1H3. The van der Waals surface area contributed by atoms with Crippen molar-refractivity contribution in [3.8, 4) is 5.69 Å². The van der Waals surface area contributed by atoms with E-state index < -0.39 is 16.6 Å². The van der Waals surface area contributed by atoms with Crippen molar-refractivity contribution < 1.29 is 8.60 Å². The Morgan fingerprint density at radius 2 is 2.21 bits per heavy atom. The number of nitrogens with zero attached hydrogens (tertiary/aromatic N) is 2. The average molecular weight is 299 g/mol. The molecule has 1 heterocycles. The van der Waals surface area contributed by atoms with Gasteiger partial charge in [-0.2, -0.15) is 5.10 Å². The van der Waals surface area contributed by atoms with Gasteiger partial charge >= 0.3 is 0 Å². The van der Waals surface area contributed by atoms with Gasteiger partial charge in [0.05, 0.1) is 16.5 Å². The van der Waals surface area contributed by atoms with Gasteiger partial charge in [0, 0.05) is 16.8 Å². The monoisotopic (exact) mass is 298 g/mol. The number of hydrogen-bond donors (Lipinski definition) is 0. The highest BCUT2D eigenvalue weighted by Gasteiger charge is 2.25.